The van der Waals surface area contributed by atoms with Gasteiger partial charge in [-0.1, -0.05) is 54.6 Å². The van der Waals surface area contributed by atoms with Crippen LogP contribution in [-0.2, 0) is 32.1 Å². The van der Waals surface area contributed by atoms with E-state index in [4.69, 9.17) is 14.6 Å². The zero-order chi connectivity index (χ0) is 28.0. The highest BCUT2D eigenvalue weighted by Crippen LogP contribution is 2.17. The number of rotatable bonds is 12. The van der Waals surface area contributed by atoms with E-state index >= 15 is 0 Å². The zero-order valence-corrected chi connectivity index (χ0v) is 21.9. The average Bonchev–Trinajstić information content (AvgIpc) is 2.85. The molecule has 0 fully saturated rings. The number of alkyl carbamates (subject to hydrolysis) is 2. The van der Waals surface area contributed by atoms with Gasteiger partial charge in [-0.05, 0) is 57.2 Å². The van der Waals surface area contributed by atoms with E-state index in [0.717, 1.165) is 11.6 Å². The van der Waals surface area contributed by atoms with Gasteiger partial charge in [0.15, 0.2) is 0 Å². The molecular formula is C28H35N3O7. The molecule has 0 radical (unpaired) electrons. The Morgan fingerprint density at radius 1 is 0.974 bits per heavy atom. The minimum Gasteiger partial charge on any atom is -0.478 e. The minimum atomic E-state index is -1.06. The molecule has 0 bridgehead atoms. The molecule has 4 N–H and O–H groups in total. The molecular weight excluding hydrogens is 490 g/mol. The molecule has 0 spiro atoms. The normalized spacial score (nSPS) is 11.9. The maximum absolute atomic E-state index is 13.1. The molecule has 0 unspecified atom stereocenters. The second-order valence-electron chi connectivity index (χ2n) is 9.42. The first-order valence-corrected chi connectivity index (χ1v) is 12.3. The van der Waals surface area contributed by atoms with Gasteiger partial charge in [-0.2, -0.15) is 0 Å². The Labute approximate surface area is 222 Å². The lowest BCUT2D eigenvalue weighted by atomic mass is 10.1. The molecule has 0 saturated carbocycles. The van der Waals surface area contributed by atoms with Crippen LogP contribution in [0.4, 0.5) is 15.3 Å². The average molecular weight is 526 g/mol. The molecule has 0 aliphatic carbocycles. The predicted molar refractivity (Wildman–Crippen MR) is 143 cm³/mol. The van der Waals surface area contributed by atoms with Crippen molar-refractivity contribution in [2.24, 2.45) is 0 Å². The molecule has 38 heavy (non-hydrogen) atoms. The molecule has 2 aromatic carbocycles. The smallest absolute Gasteiger partial charge is 0.408 e. The number of hydrogen-bond donors (Lipinski definition) is 4. The first-order valence-electron chi connectivity index (χ1n) is 12.3. The van der Waals surface area contributed by atoms with E-state index in [1.54, 1.807) is 45.0 Å². The highest BCUT2D eigenvalue weighted by atomic mass is 16.6. The van der Waals surface area contributed by atoms with Gasteiger partial charge in [0, 0.05) is 18.3 Å². The number of nitrogens with one attached hydrogen (secondary N) is 3. The summed E-state index contributed by atoms with van der Waals surface area (Å²) < 4.78 is 10.5. The van der Waals surface area contributed by atoms with E-state index in [-0.39, 0.29) is 19.6 Å². The van der Waals surface area contributed by atoms with Gasteiger partial charge in [0.2, 0.25) is 5.91 Å². The summed E-state index contributed by atoms with van der Waals surface area (Å²) in [7, 11) is 0. The van der Waals surface area contributed by atoms with E-state index in [1.165, 1.54) is 6.08 Å². The van der Waals surface area contributed by atoms with Crippen LogP contribution in [0.2, 0.25) is 0 Å². The number of benzene rings is 2. The number of carboxylic acid groups (broad SMARTS) is 1. The van der Waals surface area contributed by atoms with Gasteiger partial charge in [0.25, 0.3) is 0 Å². The lowest BCUT2D eigenvalue weighted by Crippen LogP contribution is -2.46. The first kappa shape index (κ1) is 29.9. The van der Waals surface area contributed by atoms with E-state index < -0.39 is 35.7 Å². The summed E-state index contributed by atoms with van der Waals surface area (Å²) in [5, 5.41) is 16.9. The highest BCUT2D eigenvalue weighted by Gasteiger charge is 2.24. The standard InChI is InChI=1S/C28H35N3O7/c1-28(2,3)38-27(36)31-23(16-10-18-29-26(35)37-19-20-11-5-4-6-12-20)25(34)30-22-15-8-7-13-21(22)14-9-17-24(32)33/h4-9,11-13,15,17,23H,10,14,16,18-19H2,1-3H3,(H,29,35)(H,30,34)(H,31,36)(H,32,33)/b17-9+/t23-/m0/s1. The third kappa shape index (κ3) is 12.1. The van der Waals surface area contributed by atoms with Gasteiger partial charge in [0.1, 0.15) is 18.2 Å². The number of carbonyl (C=O) groups is 4. The fraction of sp³-hybridized carbons (Fsp3) is 0.357. The lowest BCUT2D eigenvalue weighted by molar-refractivity contribution is -0.131. The number of anilines is 1. The number of ether oxygens (including phenoxy) is 2. The quantitative estimate of drug-likeness (QED) is 0.237. The van der Waals surface area contributed by atoms with Crippen molar-refractivity contribution in [3.63, 3.8) is 0 Å². The third-order valence-corrected chi connectivity index (χ3v) is 5.03. The van der Waals surface area contributed by atoms with Crippen molar-refractivity contribution in [2.75, 3.05) is 11.9 Å². The van der Waals surface area contributed by atoms with Crippen molar-refractivity contribution in [1.29, 1.82) is 0 Å². The van der Waals surface area contributed by atoms with Crippen LogP contribution in [0.1, 0.15) is 44.7 Å². The Morgan fingerprint density at radius 2 is 1.66 bits per heavy atom. The summed E-state index contributed by atoms with van der Waals surface area (Å²) >= 11 is 0. The number of carbonyl (C=O) groups excluding carboxylic acids is 3. The van der Waals surface area contributed by atoms with Gasteiger partial charge in [-0.25, -0.2) is 14.4 Å². The molecule has 0 saturated heterocycles. The maximum atomic E-state index is 13.1. The van der Waals surface area contributed by atoms with E-state index in [0.29, 0.717) is 24.1 Å². The van der Waals surface area contributed by atoms with Crippen molar-refractivity contribution in [3.8, 4) is 0 Å². The molecule has 1 atom stereocenters. The lowest BCUT2D eigenvalue weighted by Gasteiger charge is -2.23. The molecule has 0 aliphatic rings. The van der Waals surface area contributed by atoms with Gasteiger partial charge in [0.05, 0.1) is 0 Å². The van der Waals surface area contributed by atoms with E-state index in [9.17, 15) is 19.2 Å². The van der Waals surface area contributed by atoms with Crippen LogP contribution in [0.15, 0.2) is 66.7 Å². The van der Waals surface area contributed by atoms with Crippen LogP contribution in [0.25, 0.3) is 0 Å². The van der Waals surface area contributed by atoms with Crippen molar-refractivity contribution in [2.45, 2.75) is 58.3 Å². The molecule has 2 rings (SSSR count). The number of carboxylic acids is 1. The maximum Gasteiger partial charge on any atom is 0.408 e. The van der Waals surface area contributed by atoms with Crippen LogP contribution >= 0.6 is 0 Å². The summed E-state index contributed by atoms with van der Waals surface area (Å²) in [4.78, 5) is 48.3. The van der Waals surface area contributed by atoms with Gasteiger partial charge >= 0.3 is 18.2 Å². The second kappa shape index (κ2) is 15.0. The van der Waals surface area contributed by atoms with E-state index in [2.05, 4.69) is 16.0 Å². The number of hydrogen-bond acceptors (Lipinski definition) is 6. The molecule has 3 amide bonds. The summed E-state index contributed by atoms with van der Waals surface area (Å²) in [6, 6.07) is 15.3. The largest absolute Gasteiger partial charge is 0.478 e. The molecule has 204 valence electrons. The summed E-state index contributed by atoms with van der Waals surface area (Å²) in [5.74, 6) is -1.54. The summed E-state index contributed by atoms with van der Waals surface area (Å²) in [6.45, 7) is 5.51. The Kier molecular flexibility index (Phi) is 11.8. The molecule has 0 aliphatic heterocycles. The number of amides is 3. The van der Waals surface area contributed by atoms with Gasteiger partial charge in [-0.15, -0.1) is 0 Å². The highest BCUT2D eigenvalue weighted by molar-refractivity contribution is 5.97. The number of allylic oxidation sites excluding steroid dienone is 1. The number of para-hydroxylation sites is 1. The Balaban J connectivity index is 1.97. The number of aliphatic carboxylic acids is 1. The van der Waals surface area contributed by atoms with Gasteiger partial charge in [-0.3, -0.25) is 4.79 Å². The van der Waals surface area contributed by atoms with Crippen LogP contribution in [0.3, 0.4) is 0 Å². The van der Waals surface area contributed by atoms with Crippen LogP contribution in [0, 0.1) is 0 Å². The monoisotopic (exact) mass is 525 g/mol. The molecule has 2 aromatic rings. The van der Waals surface area contributed by atoms with Crippen LogP contribution in [0.5, 0.6) is 0 Å². The zero-order valence-electron chi connectivity index (χ0n) is 21.9. The Bertz CT molecular complexity index is 1110. The molecule has 0 aromatic heterocycles. The fourth-order valence-electron chi connectivity index (χ4n) is 3.32. The SMILES string of the molecule is CC(C)(C)OC(=O)N[C@@H](CCCNC(=O)OCc1ccccc1)C(=O)Nc1ccccc1C/C=C/C(=O)O. The fourth-order valence-corrected chi connectivity index (χ4v) is 3.32. The van der Waals surface area contributed by atoms with Crippen molar-refractivity contribution in [1.82, 2.24) is 10.6 Å². The van der Waals surface area contributed by atoms with Crippen molar-refractivity contribution < 1.29 is 33.8 Å². The van der Waals surface area contributed by atoms with E-state index in [1.807, 2.05) is 30.3 Å². The molecule has 0 heterocycles. The van der Waals surface area contributed by atoms with Crippen molar-refractivity contribution in [3.05, 3.63) is 77.9 Å². The molecule has 10 heteroatoms. The topological polar surface area (TPSA) is 143 Å². The summed E-state index contributed by atoms with van der Waals surface area (Å²) in [6.07, 6.45) is 2.06. The van der Waals surface area contributed by atoms with Crippen molar-refractivity contribution >= 4 is 29.8 Å². The predicted octanol–water partition coefficient (Wildman–Crippen LogP) is 4.41. The Morgan fingerprint density at radius 3 is 2.34 bits per heavy atom. The second-order valence-corrected chi connectivity index (χ2v) is 9.42. The van der Waals surface area contributed by atoms with Gasteiger partial charge < -0.3 is 30.5 Å². The molecule has 10 nitrogen and oxygen atoms in total. The Hall–Kier alpha value is -4.34. The van der Waals surface area contributed by atoms with Crippen LogP contribution in [-0.4, -0.2) is 47.4 Å². The third-order valence-electron chi connectivity index (χ3n) is 5.03. The first-order chi connectivity index (χ1) is 18.0. The summed E-state index contributed by atoms with van der Waals surface area (Å²) in [5.41, 5.74) is 1.31. The van der Waals surface area contributed by atoms with Crippen LogP contribution < -0.4 is 16.0 Å². The minimum absolute atomic E-state index is 0.138.